The SMILES string of the molecule is NNC(=O)c1ccccc1C1=NCCCO1. The van der Waals surface area contributed by atoms with E-state index < -0.39 is 0 Å². The zero-order valence-electron chi connectivity index (χ0n) is 8.77. The van der Waals surface area contributed by atoms with Crippen molar-refractivity contribution in [2.75, 3.05) is 13.2 Å². The van der Waals surface area contributed by atoms with Crippen molar-refractivity contribution in [1.82, 2.24) is 5.43 Å². The van der Waals surface area contributed by atoms with Gasteiger partial charge in [0.2, 0.25) is 5.90 Å². The number of amides is 1. The van der Waals surface area contributed by atoms with E-state index in [2.05, 4.69) is 10.4 Å². The summed E-state index contributed by atoms with van der Waals surface area (Å²) in [4.78, 5) is 15.8. The quantitative estimate of drug-likeness (QED) is 0.431. The van der Waals surface area contributed by atoms with Crippen LogP contribution in [0.4, 0.5) is 0 Å². The summed E-state index contributed by atoms with van der Waals surface area (Å²) in [6.45, 7) is 1.37. The fourth-order valence-electron chi connectivity index (χ4n) is 1.57. The van der Waals surface area contributed by atoms with Crippen molar-refractivity contribution in [3.63, 3.8) is 0 Å². The number of aliphatic imine (C=N–C) groups is 1. The number of hydrazine groups is 1. The second-order valence-corrected chi connectivity index (χ2v) is 3.41. The Morgan fingerprint density at radius 2 is 2.25 bits per heavy atom. The predicted octanol–water partition coefficient (Wildman–Crippen LogP) is 0.457. The van der Waals surface area contributed by atoms with Gasteiger partial charge in [-0.2, -0.15) is 0 Å². The summed E-state index contributed by atoms with van der Waals surface area (Å²) in [6.07, 6.45) is 0.911. The van der Waals surface area contributed by atoms with E-state index in [0.29, 0.717) is 23.6 Å². The molecule has 1 aromatic rings. The Balaban J connectivity index is 2.39. The lowest BCUT2D eigenvalue weighted by molar-refractivity contribution is 0.0953. The lowest BCUT2D eigenvalue weighted by atomic mass is 10.1. The van der Waals surface area contributed by atoms with Crippen LogP contribution in [-0.4, -0.2) is 25.0 Å². The lowest BCUT2D eigenvalue weighted by Gasteiger charge is -2.15. The summed E-state index contributed by atoms with van der Waals surface area (Å²) in [5, 5.41) is 0. The number of hydrogen-bond acceptors (Lipinski definition) is 4. The van der Waals surface area contributed by atoms with E-state index >= 15 is 0 Å². The molecule has 1 aliphatic heterocycles. The standard InChI is InChI=1S/C11H13N3O2/c12-14-10(15)8-4-1-2-5-9(8)11-13-6-3-7-16-11/h1-2,4-5H,3,6-7,12H2,(H,14,15). The third-order valence-electron chi connectivity index (χ3n) is 2.33. The van der Waals surface area contributed by atoms with Crippen molar-refractivity contribution in [3.8, 4) is 0 Å². The van der Waals surface area contributed by atoms with E-state index in [9.17, 15) is 4.79 Å². The molecular weight excluding hydrogens is 206 g/mol. The maximum absolute atomic E-state index is 11.5. The summed E-state index contributed by atoms with van der Waals surface area (Å²) in [5.74, 6) is 5.30. The fourth-order valence-corrected chi connectivity index (χ4v) is 1.57. The number of nitrogens with zero attached hydrogens (tertiary/aromatic N) is 1. The molecular formula is C11H13N3O2. The second kappa shape index (κ2) is 4.76. The summed E-state index contributed by atoms with van der Waals surface area (Å²) in [6, 6.07) is 7.10. The van der Waals surface area contributed by atoms with Crippen molar-refractivity contribution in [3.05, 3.63) is 35.4 Å². The Labute approximate surface area is 93.3 Å². The second-order valence-electron chi connectivity index (χ2n) is 3.41. The molecule has 0 saturated carbocycles. The molecule has 1 amide bonds. The molecule has 0 unspecified atom stereocenters. The molecule has 0 bridgehead atoms. The molecule has 0 radical (unpaired) electrons. The molecule has 5 nitrogen and oxygen atoms in total. The topological polar surface area (TPSA) is 76.7 Å². The van der Waals surface area contributed by atoms with Crippen LogP contribution in [0.25, 0.3) is 0 Å². The Kier molecular flexibility index (Phi) is 3.16. The van der Waals surface area contributed by atoms with Gasteiger partial charge in [0, 0.05) is 18.5 Å². The molecule has 0 saturated heterocycles. The number of ether oxygens (including phenoxy) is 1. The lowest BCUT2D eigenvalue weighted by Crippen LogP contribution is -2.31. The molecule has 0 fully saturated rings. The molecule has 84 valence electrons. The summed E-state index contributed by atoms with van der Waals surface area (Å²) in [7, 11) is 0. The van der Waals surface area contributed by atoms with E-state index in [1.807, 2.05) is 6.07 Å². The van der Waals surface area contributed by atoms with Gasteiger partial charge in [-0.05, 0) is 12.1 Å². The maximum atomic E-state index is 11.5. The number of benzene rings is 1. The van der Waals surface area contributed by atoms with Gasteiger partial charge in [-0.15, -0.1) is 0 Å². The third-order valence-corrected chi connectivity index (χ3v) is 2.33. The normalized spacial score (nSPS) is 14.9. The predicted molar refractivity (Wildman–Crippen MR) is 60.1 cm³/mol. The highest BCUT2D eigenvalue weighted by molar-refractivity contribution is 6.07. The van der Waals surface area contributed by atoms with Crippen molar-refractivity contribution in [1.29, 1.82) is 0 Å². The van der Waals surface area contributed by atoms with Crippen LogP contribution in [0.2, 0.25) is 0 Å². The molecule has 0 aromatic heterocycles. The Hall–Kier alpha value is -1.88. The molecule has 1 aromatic carbocycles. The average Bonchev–Trinajstić information content (AvgIpc) is 2.39. The number of rotatable bonds is 2. The van der Waals surface area contributed by atoms with Crippen LogP contribution < -0.4 is 11.3 Å². The fraction of sp³-hybridized carbons (Fsp3) is 0.273. The van der Waals surface area contributed by atoms with Crippen molar-refractivity contribution in [2.24, 2.45) is 10.8 Å². The first-order chi connectivity index (χ1) is 7.83. The smallest absolute Gasteiger partial charge is 0.265 e. The number of nitrogens with one attached hydrogen (secondary N) is 1. The molecule has 5 heteroatoms. The van der Waals surface area contributed by atoms with Crippen LogP contribution in [0.5, 0.6) is 0 Å². The Bertz CT molecular complexity index is 429. The first-order valence-corrected chi connectivity index (χ1v) is 5.10. The minimum atomic E-state index is -0.340. The van der Waals surface area contributed by atoms with Gasteiger partial charge in [0.1, 0.15) is 0 Å². The Morgan fingerprint density at radius 3 is 2.94 bits per heavy atom. The molecule has 0 atom stereocenters. The number of nitrogens with two attached hydrogens (primary N) is 1. The molecule has 1 heterocycles. The third kappa shape index (κ3) is 2.04. The zero-order valence-corrected chi connectivity index (χ0v) is 8.77. The highest BCUT2D eigenvalue weighted by atomic mass is 16.5. The van der Waals surface area contributed by atoms with Crippen molar-refractivity contribution in [2.45, 2.75) is 6.42 Å². The van der Waals surface area contributed by atoms with E-state index in [0.717, 1.165) is 13.0 Å². The minimum absolute atomic E-state index is 0.340. The number of carbonyl (C=O) groups excluding carboxylic acids is 1. The van der Waals surface area contributed by atoms with Gasteiger partial charge in [0.15, 0.2) is 0 Å². The van der Waals surface area contributed by atoms with Crippen LogP contribution in [0.15, 0.2) is 29.3 Å². The van der Waals surface area contributed by atoms with Crippen LogP contribution in [0, 0.1) is 0 Å². The van der Waals surface area contributed by atoms with E-state index in [1.165, 1.54) is 0 Å². The van der Waals surface area contributed by atoms with Crippen LogP contribution >= 0.6 is 0 Å². The monoisotopic (exact) mass is 219 g/mol. The largest absolute Gasteiger partial charge is 0.477 e. The number of hydrogen-bond donors (Lipinski definition) is 2. The average molecular weight is 219 g/mol. The first-order valence-electron chi connectivity index (χ1n) is 5.10. The molecule has 1 aliphatic rings. The summed E-state index contributed by atoms with van der Waals surface area (Å²) in [5.41, 5.74) is 3.27. The van der Waals surface area contributed by atoms with Crippen molar-refractivity contribution >= 4 is 11.8 Å². The molecule has 0 spiro atoms. The van der Waals surface area contributed by atoms with E-state index in [1.54, 1.807) is 18.2 Å². The van der Waals surface area contributed by atoms with Crippen LogP contribution in [0.1, 0.15) is 22.3 Å². The maximum Gasteiger partial charge on any atom is 0.265 e. The highest BCUT2D eigenvalue weighted by Gasteiger charge is 2.16. The summed E-state index contributed by atoms with van der Waals surface area (Å²) >= 11 is 0. The van der Waals surface area contributed by atoms with Gasteiger partial charge in [0.25, 0.3) is 5.91 Å². The van der Waals surface area contributed by atoms with Gasteiger partial charge >= 0.3 is 0 Å². The molecule has 3 N–H and O–H groups in total. The van der Waals surface area contributed by atoms with Crippen LogP contribution in [0.3, 0.4) is 0 Å². The van der Waals surface area contributed by atoms with Gasteiger partial charge in [0.05, 0.1) is 12.2 Å². The summed E-state index contributed by atoms with van der Waals surface area (Å²) < 4.78 is 5.43. The van der Waals surface area contributed by atoms with Gasteiger partial charge in [-0.3, -0.25) is 15.2 Å². The Morgan fingerprint density at radius 1 is 1.44 bits per heavy atom. The molecule has 16 heavy (non-hydrogen) atoms. The van der Waals surface area contributed by atoms with Gasteiger partial charge in [-0.25, -0.2) is 5.84 Å². The van der Waals surface area contributed by atoms with Crippen molar-refractivity contribution < 1.29 is 9.53 Å². The van der Waals surface area contributed by atoms with Gasteiger partial charge in [-0.1, -0.05) is 12.1 Å². The van der Waals surface area contributed by atoms with E-state index in [-0.39, 0.29) is 5.91 Å². The number of carbonyl (C=O) groups is 1. The molecule has 0 aliphatic carbocycles. The number of nitrogen functional groups attached to an aromatic ring is 1. The zero-order chi connectivity index (χ0) is 11.4. The first kappa shape index (κ1) is 10.6. The van der Waals surface area contributed by atoms with Gasteiger partial charge < -0.3 is 4.74 Å². The van der Waals surface area contributed by atoms with E-state index in [4.69, 9.17) is 10.6 Å². The van der Waals surface area contributed by atoms with Crippen LogP contribution in [-0.2, 0) is 4.74 Å². The minimum Gasteiger partial charge on any atom is -0.477 e. The molecule has 2 rings (SSSR count). The highest BCUT2D eigenvalue weighted by Crippen LogP contribution is 2.13.